The minimum Gasteiger partial charge on any atom is -0.462 e. The molecule has 233 valence electrons. The molecule has 1 aromatic heterocycles. The number of aromatic nitrogens is 2. The van der Waals surface area contributed by atoms with Crippen LogP contribution in [-0.2, 0) is 17.8 Å². The van der Waals surface area contributed by atoms with E-state index in [0.29, 0.717) is 56.3 Å². The van der Waals surface area contributed by atoms with Crippen molar-refractivity contribution in [2.75, 3.05) is 62.8 Å². The number of hydrogen-bond donors (Lipinski definition) is 1. The van der Waals surface area contributed by atoms with Gasteiger partial charge in [0.2, 0.25) is 5.91 Å². The number of anilines is 2. The van der Waals surface area contributed by atoms with Crippen LogP contribution in [-0.4, -0.2) is 105 Å². The number of carbonyl (C=O) groups is 1. The van der Waals surface area contributed by atoms with Gasteiger partial charge in [-0.05, 0) is 50.4 Å². The molecule has 2 aromatic carbocycles. The maximum absolute atomic E-state index is 13.0. The lowest BCUT2D eigenvalue weighted by atomic mass is 10.0. The lowest BCUT2D eigenvalue weighted by Gasteiger charge is -2.48. The molecule has 1 amide bonds. The minimum absolute atomic E-state index is 0.0827. The summed E-state index contributed by atoms with van der Waals surface area (Å²) >= 11 is 6.71. The Labute approximate surface area is 272 Å². The fourth-order valence-corrected chi connectivity index (χ4v) is 7.53. The van der Waals surface area contributed by atoms with Crippen molar-refractivity contribution in [2.24, 2.45) is 0 Å². The summed E-state index contributed by atoms with van der Waals surface area (Å²) in [5.41, 5.74) is 3.01. The van der Waals surface area contributed by atoms with Gasteiger partial charge in [-0.15, -0.1) is 0 Å². The molecule has 12 heteroatoms. The molecule has 3 aromatic rings. The van der Waals surface area contributed by atoms with Crippen molar-refractivity contribution < 1.29 is 14.6 Å². The van der Waals surface area contributed by atoms with Crippen molar-refractivity contribution in [1.82, 2.24) is 19.8 Å². The van der Waals surface area contributed by atoms with Crippen molar-refractivity contribution in [2.45, 2.75) is 43.4 Å². The molecule has 2 atom stereocenters. The number of fused-ring (bicyclic) bond motifs is 2. The summed E-state index contributed by atoms with van der Waals surface area (Å²) in [4.78, 5) is 31.4. The average Bonchev–Trinajstić information content (AvgIpc) is 3.46. The number of rotatable bonds is 8. The van der Waals surface area contributed by atoms with E-state index in [2.05, 4.69) is 62.3 Å². The van der Waals surface area contributed by atoms with E-state index in [4.69, 9.17) is 26.3 Å². The number of carbonyl (C=O) groups excluding carboxylic acids is 1. The van der Waals surface area contributed by atoms with Gasteiger partial charge in [-0.25, -0.2) is 0 Å². The standard InChI is InChI=1S/C33H37ClN7O3Si/c1-38-15-4-8-24(38)21-44-32-36-27-20-39(28-10-3-7-23-6-2-9-26(34)30(23)28)16-12-25(27)31(37-32)40-17-18-41(29(43)11-5-19-42)33(45,22-40)13-14-35/h2-3,5-7,9-11,24,42H,4,8,12-13,15-22H2,1H3/b11-5+/t24-,33-/m0/s1. The number of nitrogens with zero attached hydrogens (tertiary/aromatic N) is 7. The number of ether oxygens (including phenoxy) is 1. The highest BCUT2D eigenvalue weighted by Crippen LogP contribution is 2.38. The normalized spacial score (nSPS) is 22.2. The number of aliphatic hydroxyl groups is 1. The van der Waals surface area contributed by atoms with Crippen molar-refractivity contribution in [1.29, 1.82) is 5.26 Å². The van der Waals surface area contributed by atoms with Gasteiger partial charge in [0.15, 0.2) is 0 Å². The summed E-state index contributed by atoms with van der Waals surface area (Å²) < 4.78 is 6.30. The van der Waals surface area contributed by atoms with Crippen LogP contribution >= 0.6 is 11.6 Å². The smallest absolute Gasteiger partial charge is 0.318 e. The van der Waals surface area contributed by atoms with Gasteiger partial charge in [0.05, 0.1) is 51.8 Å². The second-order valence-corrected chi connectivity index (χ2v) is 13.3. The molecule has 0 aliphatic carbocycles. The van der Waals surface area contributed by atoms with E-state index in [1.165, 1.54) is 12.2 Å². The molecule has 2 fully saturated rings. The third kappa shape index (κ3) is 6.38. The Morgan fingerprint density at radius 3 is 2.78 bits per heavy atom. The zero-order chi connectivity index (χ0) is 31.6. The van der Waals surface area contributed by atoms with E-state index in [9.17, 15) is 15.2 Å². The molecule has 1 N–H and O–H groups in total. The summed E-state index contributed by atoms with van der Waals surface area (Å²) in [5.74, 6) is 0.525. The Kier molecular flexibility index (Phi) is 9.28. The highest BCUT2D eigenvalue weighted by atomic mass is 35.5. The first-order valence-corrected chi connectivity index (χ1v) is 16.3. The second-order valence-electron chi connectivity index (χ2n) is 12.0. The summed E-state index contributed by atoms with van der Waals surface area (Å²) in [6.45, 7) is 3.90. The van der Waals surface area contributed by atoms with E-state index in [-0.39, 0.29) is 18.9 Å². The van der Waals surface area contributed by atoms with Crippen LogP contribution in [0.5, 0.6) is 6.01 Å². The SMILES string of the molecule is CN1CCC[C@H]1COc1nc2c(c(N3CCN(C(=O)/C=C/CO)[C@]([Si])(CC#N)C3)n1)CCN(c1cccc3cccc(Cl)c13)C2. The maximum Gasteiger partial charge on any atom is 0.318 e. The van der Waals surface area contributed by atoms with E-state index < -0.39 is 5.16 Å². The van der Waals surface area contributed by atoms with Gasteiger partial charge in [-0.2, -0.15) is 15.2 Å². The number of aliphatic hydroxyl groups excluding tert-OH is 1. The number of likely N-dealkylation sites (N-methyl/N-ethyl adjacent to an activating group) is 1. The third-order valence-corrected chi connectivity index (χ3v) is 10.1. The first-order chi connectivity index (χ1) is 21.8. The number of benzene rings is 2. The van der Waals surface area contributed by atoms with Crippen molar-refractivity contribution in [3.05, 3.63) is 64.8 Å². The van der Waals surface area contributed by atoms with Gasteiger partial charge in [-0.3, -0.25) is 4.79 Å². The molecule has 3 radical (unpaired) electrons. The Bertz CT molecular complexity index is 1640. The van der Waals surface area contributed by atoms with E-state index in [1.54, 1.807) is 4.90 Å². The van der Waals surface area contributed by atoms with Crippen molar-refractivity contribution in [3.63, 3.8) is 0 Å². The van der Waals surface area contributed by atoms with Gasteiger partial charge >= 0.3 is 6.01 Å². The molecule has 3 aliphatic heterocycles. The van der Waals surface area contributed by atoms with Crippen molar-refractivity contribution in [3.8, 4) is 12.1 Å². The molecule has 10 nitrogen and oxygen atoms in total. The summed E-state index contributed by atoms with van der Waals surface area (Å²) in [6, 6.07) is 15.1. The van der Waals surface area contributed by atoms with Crippen LogP contribution in [0.1, 0.15) is 30.5 Å². The van der Waals surface area contributed by atoms with Crippen molar-refractivity contribution >= 4 is 50.0 Å². The number of halogens is 1. The maximum atomic E-state index is 13.0. The zero-order valence-corrected chi connectivity index (χ0v) is 27.2. The van der Waals surface area contributed by atoms with Gasteiger partial charge in [0, 0.05) is 54.9 Å². The van der Waals surface area contributed by atoms with E-state index in [1.807, 2.05) is 12.1 Å². The fourth-order valence-electron chi connectivity index (χ4n) is 6.76. The predicted octanol–water partition coefficient (Wildman–Crippen LogP) is 3.29. The highest BCUT2D eigenvalue weighted by Gasteiger charge is 2.41. The van der Waals surface area contributed by atoms with Crippen LogP contribution in [0, 0.1) is 11.3 Å². The van der Waals surface area contributed by atoms with E-state index >= 15 is 0 Å². The molecule has 0 spiro atoms. The lowest BCUT2D eigenvalue weighted by Crippen LogP contribution is -2.64. The Morgan fingerprint density at radius 2 is 2.02 bits per heavy atom. The largest absolute Gasteiger partial charge is 0.462 e. The Balaban J connectivity index is 1.35. The number of likely N-dealkylation sites (tertiary alicyclic amines) is 1. The quantitative estimate of drug-likeness (QED) is 0.292. The van der Waals surface area contributed by atoms with Gasteiger partial charge in [0.25, 0.3) is 0 Å². The van der Waals surface area contributed by atoms with E-state index in [0.717, 1.165) is 59.5 Å². The number of amides is 1. The molecule has 45 heavy (non-hydrogen) atoms. The fraction of sp³-hybridized carbons (Fsp3) is 0.455. The van der Waals surface area contributed by atoms with Crippen LogP contribution in [0.2, 0.25) is 5.02 Å². The molecule has 6 rings (SSSR count). The summed E-state index contributed by atoms with van der Waals surface area (Å²) in [5, 5.41) is 20.8. The molecule has 0 unspecified atom stereocenters. The highest BCUT2D eigenvalue weighted by molar-refractivity contribution is 6.36. The zero-order valence-electron chi connectivity index (χ0n) is 25.5. The Hall–Kier alpha value is -3.69. The summed E-state index contributed by atoms with van der Waals surface area (Å²) in [7, 11) is 5.95. The topological polar surface area (TPSA) is 109 Å². The van der Waals surface area contributed by atoms with Crippen LogP contribution in [0.4, 0.5) is 11.5 Å². The molecular weight excluding hydrogens is 606 g/mol. The number of piperazine rings is 1. The molecule has 4 heterocycles. The minimum atomic E-state index is -0.935. The molecule has 0 saturated carbocycles. The number of nitriles is 1. The first-order valence-electron chi connectivity index (χ1n) is 15.4. The van der Waals surface area contributed by atoms with Crippen LogP contribution in [0.3, 0.4) is 0 Å². The summed E-state index contributed by atoms with van der Waals surface area (Å²) in [6.07, 6.45) is 5.78. The average molecular weight is 643 g/mol. The Morgan fingerprint density at radius 1 is 1.20 bits per heavy atom. The molecular formula is C33H37ClN7O3Si. The molecule has 0 bridgehead atoms. The molecule has 2 saturated heterocycles. The third-order valence-electron chi connectivity index (χ3n) is 9.14. The van der Waals surface area contributed by atoms with Crippen LogP contribution in [0.25, 0.3) is 10.8 Å². The monoisotopic (exact) mass is 642 g/mol. The van der Waals surface area contributed by atoms with Gasteiger partial charge in [0.1, 0.15) is 12.4 Å². The molecule has 3 aliphatic rings. The van der Waals surface area contributed by atoms with Crippen LogP contribution < -0.4 is 14.5 Å². The van der Waals surface area contributed by atoms with Gasteiger partial charge < -0.3 is 29.4 Å². The predicted molar refractivity (Wildman–Crippen MR) is 176 cm³/mol. The van der Waals surface area contributed by atoms with Gasteiger partial charge in [-0.1, -0.05) is 41.9 Å². The second kappa shape index (κ2) is 13.3. The number of hydrogen-bond acceptors (Lipinski definition) is 9. The van der Waals surface area contributed by atoms with Crippen LogP contribution in [0.15, 0.2) is 48.6 Å². The lowest BCUT2D eigenvalue weighted by molar-refractivity contribution is -0.130. The first kappa shape index (κ1) is 31.3.